The van der Waals surface area contributed by atoms with E-state index >= 15 is 0 Å². The van der Waals surface area contributed by atoms with Gasteiger partial charge in [0.15, 0.2) is 0 Å². The molecule has 0 spiro atoms. The minimum Gasteiger partial charge on any atom is -0.550 e. The highest BCUT2D eigenvalue weighted by atomic mass is 16.5. The monoisotopic (exact) mass is 411 g/mol. The molecule has 1 rings (SSSR count). The number of benzene rings is 1. The highest BCUT2D eigenvalue weighted by molar-refractivity contribution is 5.72. The molecule has 29 heavy (non-hydrogen) atoms. The predicted molar refractivity (Wildman–Crippen MR) is 103 cm³/mol. The van der Waals surface area contributed by atoms with Crippen molar-refractivity contribution in [1.82, 2.24) is 0 Å². The Kier molecular flexibility index (Phi) is 10.1. The first-order valence-electron chi connectivity index (χ1n) is 9.65. The van der Waals surface area contributed by atoms with Gasteiger partial charge in [-0.3, -0.25) is 4.79 Å². The summed E-state index contributed by atoms with van der Waals surface area (Å²) in [5, 5.41) is 40.0. The molecular formula is C21H31O8-. The molecular weight excluding hydrogens is 380 g/mol. The molecule has 0 fully saturated rings. The van der Waals surface area contributed by atoms with Crippen molar-refractivity contribution in [2.45, 2.75) is 64.4 Å². The van der Waals surface area contributed by atoms with Crippen LogP contribution in [0.4, 0.5) is 0 Å². The summed E-state index contributed by atoms with van der Waals surface area (Å²) in [6, 6.07) is 6.67. The summed E-state index contributed by atoms with van der Waals surface area (Å²) in [4.78, 5) is 23.5. The number of carbonyl (C=O) groups is 2. The fourth-order valence-electron chi connectivity index (χ4n) is 3.11. The fourth-order valence-corrected chi connectivity index (χ4v) is 3.11. The summed E-state index contributed by atoms with van der Waals surface area (Å²) >= 11 is 0. The van der Waals surface area contributed by atoms with Gasteiger partial charge < -0.3 is 34.7 Å². The second-order valence-corrected chi connectivity index (χ2v) is 7.45. The number of ether oxygens (including phenoxy) is 2. The number of rotatable bonds is 12. The minimum absolute atomic E-state index is 0.117. The molecule has 6 atom stereocenters. The van der Waals surface area contributed by atoms with Crippen LogP contribution in [0.5, 0.6) is 5.75 Å². The van der Waals surface area contributed by atoms with Crippen LogP contribution < -0.4 is 5.11 Å². The van der Waals surface area contributed by atoms with Crippen molar-refractivity contribution in [3.8, 4) is 5.75 Å². The normalized spacial score (nSPS) is 17.6. The predicted octanol–water partition coefficient (Wildman–Crippen LogP) is 0.926. The largest absolute Gasteiger partial charge is 0.550 e. The third-order valence-corrected chi connectivity index (χ3v) is 5.04. The van der Waals surface area contributed by atoms with Crippen LogP contribution in [0, 0.1) is 11.8 Å². The lowest BCUT2D eigenvalue weighted by molar-refractivity contribution is -0.314. The first-order valence-corrected chi connectivity index (χ1v) is 9.65. The number of aromatic hydroxyl groups is 1. The van der Waals surface area contributed by atoms with Gasteiger partial charge in [-0.05, 0) is 43.4 Å². The van der Waals surface area contributed by atoms with Gasteiger partial charge >= 0.3 is 5.97 Å². The van der Waals surface area contributed by atoms with E-state index in [-0.39, 0.29) is 17.8 Å². The topological polar surface area (TPSA) is 136 Å². The van der Waals surface area contributed by atoms with Gasteiger partial charge in [0.25, 0.3) is 0 Å². The Morgan fingerprint density at radius 2 is 1.79 bits per heavy atom. The second kappa shape index (κ2) is 11.7. The number of phenolic OH excluding ortho intramolecular Hbond substituents is 1. The third-order valence-electron chi connectivity index (χ3n) is 5.04. The molecule has 0 saturated heterocycles. The van der Waals surface area contributed by atoms with Crippen molar-refractivity contribution in [3.05, 3.63) is 29.8 Å². The Bertz CT molecular complexity index is 660. The van der Waals surface area contributed by atoms with Gasteiger partial charge in [-0.1, -0.05) is 26.0 Å². The van der Waals surface area contributed by atoms with Crippen LogP contribution in [0.3, 0.4) is 0 Å². The van der Waals surface area contributed by atoms with Crippen LogP contribution in [-0.4, -0.2) is 52.7 Å². The van der Waals surface area contributed by atoms with E-state index in [1.54, 1.807) is 25.1 Å². The Morgan fingerprint density at radius 1 is 1.14 bits per heavy atom. The second-order valence-electron chi connectivity index (χ2n) is 7.45. The van der Waals surface area contributed by atoms with Gasteiger partial charge in [-0.15, -0.1) is 0 Å². The Hall–Kier alpha value is -2.16. The van der Waals surface area contributed by atoms with Gasteiger partial charge in [0.1, 0.15) is 11.9 Å². The number of hydrogen-bond donors (Lipinski definition) is 3. The lowest BCUT2D eigenvalue weighted by Gasteiger charge is -2.31. The maximum atomic E-state index is 12.1. The number of aliphatic hydroxyl groups excluding tert-OH is 2. The van der Waals surface area contributed by atoms with E-state index in [1.165, 1.54) is 21.0 Å². The van der Waals surface area contributed by atoms with Crippen LogP contribution in [0.1, 0.15) is 51.7 Å². The summed E-state index contributed by atoms with van der Waals surface area (Å²) in [6.07, 6.45) is -3.15. The molecule has 0 heterocycles. The Labute approximate surface area is 171 Å². The van der Waals surface area contributed by atoms with Crippen molar-refractivity contribution in [3.63, 3.8) is 0 Å². The lowest BCUT2D eigenvalue weighted by atomic mass is 9.88. The van der Waals surface area contributed by atoms with Gasteiger partial charge in [0.05, 0.1) is 24.7 Å². The molecule has 0 amide bonds. The van der Waals surface area contributed by atoms with Crippen LogP contribution >= 0.6 is 0 Å². The van der Waals surface area contributed by atoms with E-state index in [2.05, 4.69) is 0 Å². The molecule has 0 saturated carbocycles. The molecule has 0 unspecified atom stereocenters. The molecule has 1 aromatic rings. The zero-order valence-corrected chi connectivity index (χ0v) is 17.3. The summed E-state index contributed by atoms with van der Waals surface area (Å²) in [5.74, 6) is -3.42. The summed E-state index contributed by atoms with van der Waals surface area (Å²) < 4.78 is 10.8. The highest BCUT2D eigenvalue weighted by Crippen LogP contribution is 2.29. The van der Waals surface area contributed by atoms with E-state index in [1.807, 2.05) is 6.07 Å². The first kappa shape index (κ1) is 24.9. The van der Waals surface area contributed by atoms with Crippen LogP contribution in [0.2, 0.25) is 0 Å². The SMILES string of the molecule is CO[C@@H](CC[C@H](C)[C@@H](OC(=O)C[C@@H](O)[C@@H](C)O)[C@@H](C)C(=O)[O-])c1cccc(O)c1. The van der Waals surface area contributed by atoms with E-state index in [0.29, 0.717) is 12.8 Å². The molecule has 0 radical (unpaired) electrons. The number of methoxy groups -OCH3 is 1. The third kappa shape index (κ3) is 8.00. The van der Waals surface area contributed by atoms with Crippen molar-refractivity contribution >= 4 is 11.9 Å². The van der Waals surface area contributed by atoms with E-state index in [0.717, 1.165) is 5.56 Å². The van der Waals surface area contributed by atoms with Gasteiger partial charge in [-0.25, -0.2) is 0 Å². The molecule has 1 aromatic carbocycles. The summed E-state index contributed by atoms with van der Waals surface area (Å²) in [5.41, 5.74) is 0.779. The molecule has 0 aliphatic rings. The fraction of sp³-hybridized carbons (Fsp3) is 0.619. The number of carboxylic acids is 1. The van der Waals surface area contributed by atoms with E-state index < -0.39 is 42.6 Å². The highest BCUT2D eigenvalue weighted by Gasteiger charge is 2.30. The zero-order chi connectivity index (χ0) is 22.1. The van der Waals surface area contributed by atoms with Crippen molar-refractivity contribution < 1.29 is 39.5 Å². The molecule has 0 aromatic heterocycles. The zero-order valence-electron chi connectivity index (χ0n) is 17.3. The number of esters is 1. The Balaban J connectivity index is 2.81. The van der Waals surface area contributed by atoms with Crippen LogP contribution in [0.25, 0.3) is 0 Å². The molecule has 8 heteroatoms. The standard InChI is InChI=1S/C21H32O8/c1-12(8-9-18(28-4)15-6-5-7-16(23)10-15)20(13(2)21(26)27)29-19(25)11-17(24)14(3)22/h5-7,10,12-14,17-18,20,22-24H,8-9,11H2,1-4H3,(H,26,27)/p-1/t12-,13+,14+,17+,18-,20+/m0/s1. The number of carboxylic acid groups (broad SMARTS) is 1. The maximum Gasteiger partial charge on any atom is 0.308 e. The lowest BCUT2D eigenvalue weighted by Crippen LogP contribution is -2.43. The summed E-state index contributed by atoms with van der Waals surface area (Å²) in [7, 11) is 1.54. The van der Waals surface area contributed by atoms with E-state index in [4.69, 9.17) is 9.47 Å². The molecule has 164 valence electrons. The van der Waals surface area contributed by atoms with Crippen molar-refractivity contribution in [2.75, 3.05) is 7.11 Å². The van der Waals surface area contributed by atoms with Crippen molar-refractivity contribution in [1.29, 1.82) is 0 Å². The van der Waals surface area contributed by atoms with Gasteiger partial charge in [0, 0.05) is 19.0 Å². The number of phenols is 1. The number of carbonyl (C=O) groups excluding carboxylic acids is 2. The number of hydrogen-bond acceptors (Lipinski definition) is 8. The minimum atomic E-state index is -1.35. The number of aliphatic hydroxyl groups is 2. The first-order chi connectivity index (χ1) is 13.6. The number of aliphatic carboxylic acids is 1. The van der Waals surface area contributed by atoms with Crippen LogP contribution in [0.15, 0.2) is 24.3 Å². The average Bonchev–Trinajstić information content (AvgIpc) is 2.65. The quantitative estimate of drug-likeness (QED) is 0.432. The van der Waals surface area contributed by atoms with E-state index in [9.17, 15) is 30.0 Å². The van der Waals surface area contributed by atoms with Gasteiger partial charge in [-0.2, -0.15) is 0 Å². The molecule has 3 N–H and O–H groups in total. The Morgan fingerprint density at radius 3 is 2.31 bits per heavy atom. The van der Waals surface area contributed by atoms with Crippen LogP contribution in [-0.2, 0) is 19.1 Å². The maximum absolute atomic E-state index is 12.1. The average molecular weight is 411 g/mol. The summed E-state index contributed by atoms with van der Waals surface area (Å²) in [6.45, 7) is 4.50. The molecule has 0 bridgehead atoms. The van der Waals surface area contributed by atoms with Crippen molar-refractivity contribution in [2.24, 2.45) is 11.8 Å². The molecule has 0 aliphatic carbocycles. The van der Waals surface area contributed by atoms with Gasteiger partial charge in [0.2, 0.25) is 0 Å². The molecule has 8 nitrogen and oxygen atoms in total. The smallest absolute Gasteiger partial charge is 0.308 e. The molecule has 0 aliphatic heterocycles.